The molecule has 1 aliphatic heterocycles. The van der Waals surface area contributed by atoms with Gasteiger partial charge in [-0.2, -0.15) is 0 Å². The van der Waals surface area contributed by atoms with Crippen LogP contribution >= 0.6 is 11.6 Å². The fraction of sp³-hybridized carbons (Fsp3) is 0.222. The van der Waals surface area contributed by atoms with Crippen LogP contribution < -0.4 is 10.1 Å². The molecular weight excluding hydrogens is 392 g/mol. The number of fused-ring (bicyclic) bond motifs is 1. The van der Waals surface area contributed by atoms with Crippen LogP contribution in [0.4, 0.5) is 5.69 Å². The molecule has 3 rings (SSSR count). The molecule has 28 heavy (non-hydrogen) atoms. The van der Waals surface area contributed by atoms with Crippen molar-refractivity contribution in [1.29, 1.82) is 0 Å². The summed E-state index contributed by atoms with van der Waals surface area (Å²) in [5, 5.41) is 13.6. The minimum Gasteiger partial charge on any atom is -0.467 e. The smallest absolute Gasteiger partial charge is 0.325 e. The average molecular weight is 407 g/mol. The topological polar surface area (TPSA) is 117 Å². The fourth-order valence-electron chi connectivity index (χ4n) is 2.59. The third kappa shape index (κ3) is 4.76. The quantitative estimate of drug-likeness (QED) is 0.445. The molecule has 1 amide bonds. The van der Waals surface area contributed by atoms with Crippen molar-refractivity contribution in [3.8, 4) is 5.75 Å². The van der Waals surface area contributed by atoms with Crippen LogP contribution in [-0.2, 0) is 27.5 Å². The molecule has 9 nitrogen and oxygen atoms in total. The maximum absolute atomic E-state index is 12.0. The first-order valence-electron chi connectivity index (χ1n) is 8.14. The Kier molecular flexibility index (Phi) is 6.07. The van der Waals surface area contributed by atoms with Gasteiger partial charge in [0.1, 0.15) is 18.9 Å². The number of hydrogen-bond donors (Lipinski definition) is 1. The van der Waals surface area contributed by atoms with Crippen molar-refractivity contribution in [2.24, 2.45) is 0 Å². The zero-order valence-electron chi connectivity index (χ0n) is 14.5. The second-order valence-corrected chi connectivity index (χ2v) is 6.25. The van der Waals surface area contributed by atoms with Crippen molar-refractivity contribution >= 4 is 29.2 Å². The van der Waals surface area contributed by atoms with Gasteiger partial charge in [0.25, 0.3) is 11.6 Å². The molecule has 2 aromatic rings. The number of benzene rings is 2. The Morgan fingerprint density at radius 2 is 2.11 bits per heavy atom. The molecule has 1 N–H and O–H groups in total. The number of carbonyl (C=O) groups excluding carboxylic acids is 2. The molecule has 2 aromatic carbocycles. The zero-order valence-corrected chi connectivity index (χ0v) is 15.2. The second kappa shape index (κ2) is 8.68. The van der Waals surface area contributed by atoms with Crippen molar-refractivity contribution < 1.29 is 28.7 Å². The Labute approximate surface area is 164 Å². The molecule has 146 valence electrons. The number of non-ortho nitro benzene ring substituents is 1. The van der Waals surface area contributed by atoms with Gasteiger partial charge in [-0.1, -0.05) is 17.7 Å². The second-order valence-electron chi connectivity index (χ2n) is 5.81. The van der Waals surface area contributed by atoms with Crippen molar-refractivity contribution in [3.05, 3.63) is 68.2 Å². The lowest BCUT2D eigenvalue weighted by molar-refractivity contribution is -0.384. The molecule has 0 bridgehead atoms. The Bertz CT molecular complexity index is 932. The van der Waals surface area contributed by atoms with Crippen molar-refractivity contribution in [3.63, 3.8) is 0 Å². The number of nitrogens with zero attached hydrogens (tertiary/aromatic N) is 1. The number of amides is 1. The Morgan fingerprint density at radius 1 is 1.29 bits per heavy atom. The van der Waals surface area contributed by atoms with Gasteiger partial charge in [0.05, 0.1) is 11.5 Å². The molecule has 0 atom stereocenters. The molecule has 0 aromatic heterocycles. The first kappa shape index (κ1) is 19.6. The Morgan fingerprint density at radius 3 is 2.89 bits per heavy atom. The van der Waals surface area contributed by atoms with Crippen LogP contribution in [0.5, 0.6) is 5.75 Å². The molecule has 0 saturated heterocycles. The van der Waals surface area contributed by atoms with E-state index in [1.807, 2.05) is 0 Å². The van der Waals surface area contributed by atoms with Gasteiger partial charge < -0.3 is 19.5 Å². The number of esters is 1. The van der Waals surface area contributed by atoms with Crippen molar-refractivity contribution in [1.82, 2.24) is 5.32 Å². The van der Waals surface area contributed by atoms with Crippen LogP contribution in [0.2, 0.25) is 5.02 Å². The molecule has 0 aliphatic carbocycles. The highest BCUT2D eigenvalue weighted by Gasteiger charge is 2.18. The highest BCUT2D eigenvalue weighted by molar-refractivity contribution is 6.30. The summed E-state index contributed by atoms with van der Waals surface area (Å²) < 4.78 is 15.8. The normalized spacial score (nSPS) is 12.5. The fourth-order valence-corrected chi connectivity index (χ4v) is 2.85. The van der Waals surface area contributed by atoms with E-state index in [0.29, 0.717) is 22.9 Å². The number of carbonyl (C=O) groups is 2. The van der Waals surface area contributed by atoms with E-state index in [2.05, 4.69) is 5.32 Å². The lowest BCUT2D eigenvalue weighted by Gasteiger charge is -2.21. The van der Waals surface area contributed by atoms with Crippen LogP contribution in [0.3, 0.4) is 0 Å². The van der Waals surface area contributed by atoms with E-state index < -0.39 is 23.3 Å². The number of nitro benzene ring substituents is 1. The Hall–Kier alpha value is -3.17. The number of nitrogens with one attached hydrogen (secondary N) is 1. The summed E-state index contributed by atoms with van der Waals surface area (Å²) in [5.41, 5.74) is 1.19. The van der Waals surface area contributed by atoms with Gasteiger partial charge >= 0.3 is 5.97 Å². The zero-order chi connectivity index (χ0) is 20.1. The predicted molar refractivity (Wildman–Crippen MR) is 97.0 cm³/mol. The van der Waals surface area contributed by atoms with E-state index in [0.717, 1.165) is 11.6 Å². The van der Waals surface area contributed by atoms with Gasteiger partial charge in [0.15, 0.2) is 6.79 Å². The molecule has 0 fully saturated rings. The predicted octanol–water partition coefficient (Wildman–Crippen LogP) is 2.59. The Balaban J connectivity index is 1.55. The minimum atomic E-state index is -0.681. The lowest BCUT2D eigenvalue weighted by Crippen LogP contribution is -2.30. The molecular formula is C18H15ClN2O7. The van der Waals surface area contributed by atoms with Crippen LogP contribution in [-0.4, -0.2) is 30.1 Å². The molecule has 1 heterocycles. The molecule has 0 saturated carbocycles. The first-order valence-corrected chi connectivity index (χ1v) is 8.52. The van der Waals surface area contributed by atoms with Crippen LogP contribution in [0, 0.1) is 10.1 Å². The molecule has 1 aliphatic rings. The lowest BCUT2D eigenvalue weighted by atomic mass is 10.1. The summed E-state index contributed by atoms with van der Waals surface area (Å²) in [7, 11) is 0. The monoisotopic (exact) mass is 406 g/mol. The van der Waals surface area contributed by atoms with Gasteiger partial charge in [-0.05, 0) is 18.2 Å². The minimum absolute atomic E-state index is 0.0688. The molecule has 0 spiro atoms. The average Bonchev–Trinajstić information content (AvgIpc) is 2.70. The van der Waals surface area contributed by atoms with Crippen molar-refractivity contribution in [2.75, 3.05) is 13.3 Å². The third-order valence-electron chi connectivity index (χ3n) is 3.85. The van der Waals surface area contributed by atoms with Gasteiger partial charge in [0.2, 0.25) is 0 Å². The van der Waals surface area contributed by atoms with E-state index in [1.54, 1.807) is 12.1 Å². The van der Waals surface area contributed by atoms with E-state index in [1.165, 1.54) is 18.2 Å². The molecule has 0 unspecified atom stereocenters. The summed E-state index contributed by atoms with van der Waals surface area (Å²) in [4.78, 5) is 34.1. The third-order valence-corrected chi connectivity index (χ3v) is 4.07. The standard InChI is InChI=1S/C18H15ClN2O7/c19-14-4-12-8-26-10-28-17(12)13(5-14)9-27-16(22)7-20-18(23)11-2-1-3-15(6-11)21(24)25/h1-6H,7-10H2,(H,20,23). The van der Waals surface area contributed by atoms with Gasteiger partial charge in [-0.3, -0.25) is 19.7 Å². The van der Waals surface area contributed by atoms with Crippen LogP contribution in [0.1, 0.15) is 21.5 Å². The van der Waals surface area contributed by atoms with E-state index in [-0.39, 0.29) is 24.7 Å². The van der Waals surface area contributed by atoms with Gasteiger partial charge in [-0.15, -0.1) is 0 Å². The highest BCUT2D eigenvalue weighted by Crippen LogP contribution is 2.32. The summed E-state index contributed by atoms with van der Waals surface area (Å²) in [6.07, 6.45) is 0. The number of halogens is 1. The van der Waals surface area contributed by atoms with Gasteiger partial charge in [0, 0.05) is 33.8 Å². The number of hydrogen-bond acceptors (Lipinski definition) is 7. The largest absolute Gasteiger partial charge is 0.467 e. The first-order chi connectivity index (χ1) is 13.4. The summed E-state index contributed by atoms with van der Waals surface area (Å²) in [6, 6.07) is 8.52. The van der Waals surface area contributed by atoms with Crippen molar-refractivity contribution in [2.45, 2.75) is 13.2 Å². The van der Waals surface area contributed by atoms with E-state index in [4.69, 9.17) is 25.8 Å². The molecule has 10 heteroatoms. The number of rotatable bonds is 6. The summed E-state index contributed by atoms with van der Waals surface area (Å²) >= 11 is 6.05. The summed E-state index contributed by atoms with van der Waals surface area (Å²) in [5.74, 6) is -0.745. The van der Waals surface area contributed by atoms with Crippen LogP contribution in [0.15, 0.2) is 36.4 Å². The van der Waals surface area contributed by atoms with Gasteiger partial charge in [-0.25, -0.2) is 0 Å². The van der Waals surface area contributed by atoms with Crippen LogP contribution in [0.25, 0.3) is 0 Å². The number of ether oxygens (including phenoxy) is 3. The SMILES string of the molecule is O=C(CNC(=O)c1cccc([N+](=O)[O-])c1)OCc1cc(Cl)cc2c1OCOC2. The number of nitro groups is 1. The molecule has 0 radical (unpaired) electrons. The summed E-state index contributed by atoms with van der Waals surface area (Å²) in [6.45, 7) is -0.0480. The van der Waals surface area contributed by atoms with E-state index in [9.17, 15) is 19.7 Å². The highest BCUT2D eigenvalue weighted by atomic mass is 35.5. The van der Waals surface area contributed by atoms with E-state index >= 15 is 0 Å². The maximum Gasteiger partial charge on any atom is 0.325 e. The maximum atomic E-state index is 12.0.